The van der Waals surface area contributed by atoms with Gasteiger partial charge < -0.3 is 10.1 Å². The van der Waals surface area contributed by atoms with Gasteiger partial charge in [0, 0.05) is 31.4 Å². The molecule has 136 valence electrons. The molecule has 26 heavy (non-hydrogen) atoms. The molecule has 0 spiro atoms. The lowest BCUT2D eigenvalue weighted by Crippen LogP contribution is -2.23. The number of benzene rings is 2. The maximum absolute atomic E-state index is 14.4. The third-order valence-corrected chi connectivity index (χ3v) is 4.90. The Balaban J connectivity index is 1.73. The molecule has 0 bridgehead atoms. The van der Waals surface area contributed by atoms with Crippen LogP contribution >= 0.6 is 0 Å². The van der Waals surface area contributed by atoms with Crippen molar-refractivity contribution in [2.24, 2.45) is 5.92 Å². The molecule has 1 saturated heterocycles. The van der Waals surface area contributed by atoms with Crippen LogP contribution in [0.25, 0.3) is 0 Å². The van der Waals surface area contributed by atoms with Crippen LogP contribution < -0.4 is 10.1 Å². The van der Waals surface area contributed by atoms with Gasteiger partial charge in [0.05, 0.1) is 13.0 Å². The lowest BCUT2D eigenvalue weighted by atomic mass is 9.84. The van der Waals surface area contributed by atoms with E-state index in [0.29, 0.717) is 17.9 Å². The normalized spacial score (nSPS) is 19.3. The van der Waals surface area contributed by atoms with Gasteiger partial charge in [0.2, 0.25) is 5.91 Å². The first-order valence-electron chi connectivity index (χ1n) is 8.66. The summed E-state index contributed by atoms with van der Waals surface area (Å²) < 4.78 is 19.4. The monoisotopic (exact) mass is 355 g/mol. The molecule has 3 rings (SSSR count). The number of hydrogen-bond acceptors (Lipinski definition) is 3. The third-order valence-electron chi connectivity index (χ3n) is 4.90. The molecule has 5 heteroatoms. The predicted octanol–water partition coefficient (Wildman–Crippen LogP) is 3.17. The van der Waals surface area contributed by atoms with Crippen molar-refractivity contribution in [1.29, 1.82) is 0 Å². The molecule has 0 unspecified atom stereocenters. The zero-order valence-corrected chi connectivity index (χ0v) is 14.9. The summed E-state index contributed by atoms with van der Waals surface area (Å²) in [5.41, 5.74) is 2.50. The minimum Gasteiger partial charge on any atom is -0.497 e. The molecule has 1 aliphatic heterocycles. The lowest BCUT2D eigenvalue weighted by molar-refractivity contribution is -0.127. The zero-order valence-electron chi connectivity index (χ0n) is 14.9. The van der Waals surface area contributed by atoms with Gasteiger partial charge in [-0.3, -0.25) is 9.59 Å². The molecule has 2 atom stereocenters. The minimum absolute atomic E-state index is 0.0187. The fourth-order valence-electron chi connectivity index (χ4n) is 3.41. The SMILES string of the molecule is COc1ccc([C@@H]2CNC(=O)[C@H]2CC(=O)Cc2ccc(C)cc2)c(F)c1. The number of Topliss-reactive ketones (excluding diaryl/α,β-unsaturated/α-hetero) is 1. The van der Waals surface area contributed by atoms with Crippen molar-refractivity contribution in [3.05, 3.63) is 65.0 Å². The van der Waals surface area contributed by atoms with Crippen molar-refractivity contribution in [2.75, 3.05) is 13.7 Å². The van der Waals surface area contributed by atoms with Crippen LogP contribution in [0.4, 0.5) is 4.39 Å². The van der Waals surface area contributed by atoms with Gasteiger partial charge >= 0.3 is 0 Å². The molecule has 1 aliphatic rings. The van der Waals surface area contributed by atoms with Crippen LogP contribution in [0.1, 0.15) is 29.0 Å². The van der Waals surface area contributed by atoms with Crippen LogP contribution in [0.5, 0.6) is 5.75 Å². The first-order chi connectivity index (χ1) is 12.5. The predicted molar refractivity (Wildman–Crippen MR) is 96.7 cm³/mol. The summed E-state index contributed by atoms with van der Waals surface area (Å²) in [5, 5.41) is 2.76. The molecule has 1 amide bonds. The number of aryl methyl sites for hydroxylation is 1. The van der Waals surface area contributed by atoms with E-state index in [1.165, 1.54) is 13.2 Å². The van der Waals surface area contributed by atoms with Gasteiger partial charge in [0.1, 0.15) is 17.3 Å². The molecule has 2 aromatic rings. The van der Waals surface area contributed by atoms with Gasteiger partial charge in [-0.15, -0.1) is 0 Å². The van der Waals surface area contributed by atoms with E-state index >= 15 is 0 Å². The van der Waals surface area contributed by atoms with Crippen molar-refractivity contribution in [3.8, 4) is 5.75 Å². The molecule has 2 aromatic carbocycles. The van der Waals surface area contributed by atoms with Crippen molar-refractivity contribution < 1.29 is 18.7 Å². The summed E-state index contributed by atoms with van der Waals surface area (Å²) in [4.78, 5) is 24.7. The Labute approximate surface area is 152 Å². The molecule has 4 nitrogen and oxygen atoms in total. The smallest absolute Gasteiger partial charge is 0.224 e. The molecule has 0 radical (unpaired) electrons. The Hall–Kier alpha value is -2.69. The zero-order chi connectivity index (χ0) is 18.7. The second-order valence-corrected chi connectivity index (χ2v) is 6.75. The second kappa shape index (κ2) is 7.68. The van der Waals surface area contributed by atoms with Crippen LogP contribution in [0, 0.1) is 18.7 Å². The highest BCUT2D eigenvalue weighted by Crippen LogP contribution is 2.34. The lowest BCUT2D eigenvalue weighted by Gasteiger charge is -2.18. The van der Waals surface area contributed by atoms with Gasteiger partial charge in [0.15, 0.2) is 0 Å². The molecular weight excluding hydrogens is 333 g/mol. The van der Waals surface area contributed by atoms with Gasteiger partial charge in [-0.25, -0.2) is 4.39 Å². The fraction of sp³-hybridized carbons (Fsp3) is 0.333. The molecule has 0 aliphatic carbocycles. The highest BCUT2D eigenvalue weighted by Gasteiger charge is 2.38. The van der Waals surface area contributed by atoms with Crippen molar-refractivity contribution >= 4 is 11.7 Å². The van der Waals surface area contributed by atoms with E-state index in [2.05, 4.69) is 5.32 Å². The highest BCUT2D eigenvalue weighted by atomic mass is 19.1. The first kappa shape index (κ1) is 18.1. The third kappa shape index (κ3) is 3.93. The standard InChI is InChI=1S/C21H22FNO3/c1-13-3-5-14(6-4-13)9-15(24)10-18-19(12-23-21(18)25)17-8-7-16(26-2)11-20(17)22/h3-8,11,18-19H,9-10,12H2,1-2H3,(H,23,25)/t18-,19-/m0/s1. The Kier molecular flexibility index (Phi) is 5.35. The van der Waals surface area contributed by atoms with Crippen LogP contribution in [0.2, 0.25) is 0 Å². The number of ether oxygens (including phenoxy) is 1. The van der Waals surface area contributed by atoms with Gasteiger partial charge in [-0.2, -0.15) is 0 Å². The Morgan fingerprint density at radius 2 is 1.96 bits per heavy atom. The highest BCUT2D eigenvalue weighted by molar-refractivity contribution is 5.90. The van der Waals surface area contributed by atoms with Gasteiger partial charge in [0.25, 0.3) is 0 Å². The number of carbonyl (C=O) groups excluding carboxylic acids is 2. The van der Waals surface area contributed by atoms with E-state index in [0.717, 1.165) is 11.1 Å². The van der Waals surface area contributed by atoms with E-state index < -0.39 is 11.7 Å². The van der Waals surface area contributed by atoms with Crippen LogP contribution in [0.15, 0.2) is 42.5 Å². The molecule has 1 heterocycles. The number of ketones is 1. The van der Waals surface area contributed by atoms with Crippen molar-refractivity contribution in [3.63, 3.8) is 0 Å². The summed E-state index contributed by atoms with van der Waals surface area (Å²) in [6.07, 6.45) is 0.387. The Bertz CT molecular complexity index is 817. The van der Waals surface area contributed by atoms with E-state index in [9.17, 15) is 14.0 Å². The summed E-state index contributed by atoms with van der Waals surface area (Å²) >= 11 is 0. The Morgan fingerprint density at radius 1 is 1.23 bits per heavy atom. The maximum atomic E-state index is 14.4. The van der Waals surface area contributed by atoms with E-state index in [1.807, 2.05) is 31.2 Å². The number of nitrogens with one attached hydrogen (secondary N) is 1. The molecule has 0 saturated carbocycles. The topological polar surface area (TPSA) is 55.4 Å². The summed E-state index contributed by atoms with van der Waals surface area (Å²) in [6, 6.07) is 12.4. The molecule has 0 aromatic heterocycles. The van der Waals surface area contributed by atoms with Crippen LogP contribution in [-0.2, 0) is 16.0 Å². The Morgan fingerprint density at radius 3 is 2.62 bits per heavy atom. The fourth-order valence-corrected chi connectivity index (χ4v) is 3.41. The summed E-state index contributed by atoms with van der Waals surface area (Å²) in [6.45, 7) is 2.33. The average molecular weight is 355 g/mol. The minimum atomic E-state index is -0.546. The number of rotatable bonds is 6. The van der Waals surface area contributed by atoms with Crippen LogP contribution in [-0.4, -0.2) is 25.3 Å². The molecular formula is C21H22FNO3. The van der Waals surface area contributed by atoms with Crippen molar-refractivity contribution in [2.45, 2.75) is 25.7 Å². The molecule has 1 N–H and O–H groups in total. The number of methoxy groups -OCH3 is 1. The maximum Gasteiger partial charge on any atom is 0.224 e. The molecule has 1 fully saturated rings. The second-order valence-electron chi connectivity index (χ2n) is 6.75. The van der Waals surface area contributed by atoms with Gasteiger partial charge in [-0.05, 0) is 24.1 Å². The van der Waals surface area contributed by atoms with Crippen molar-refractivity contribution in [1.82, 2.24) is 5.32 Å². The average Bonchev–Trinajstić information content (AvgIpc) is 2.97. The van der Waals surface area contributed by atoms with E-state index in [1.54, 1.807) is 12.1 Å². The number of hydrogen-bond donors (Lipinski definition) is 1. The van der Waals surface area contributed by atoms with E-state index in [-0.39, 0.29) is 30.4 Å². The van der Waals surface area contributed by atoms with Gasteiger partial charge in [-0.1, -0.05) is 35.9 Å². The van der Waals surface area contributed by atoms with Crippen LogP contribution in [0.3, 0.4) is 0 Å². The van der Waals surface area contributed by atoms with E-state index in [4.69, 9.17) is 4.74 Å². The number of carbonyl (C=O) groups is 2. The first-order valence-corrected chi connectivity index (χ1v) is 8.66. The quantitative estimate of drug-likeness (QED) is 0.866. The number of amides is 1. The largest absolute Gasteiger partial charge is 0.497 e. The summed E-state index contributed by atoms with van der Waals surface area (Å²) in [7, 11) is 1.47. The summed E-state index contributed by atoms with van der Waals surface area (Å²) in [5.74, 6) is -1.10. The number of halogens is 1.